The molecule has 0 saturated heterocycles. The summed E-state index contributed by atoms with van der Waals surface area (Å²) in [5.74, 6) is 0.0642. The number of hydrogen-bond acceptors (Lipinski definition) is 5. The largest absolute Gasteiger partial charge is 0.468 e. The summed E-state index contributed by atoms with van der Waals surface area (Å²) in [6, 6.07) is 0. The van der Waals surface area contributed by atoms with Gasteiger partial charge in [-0.1, -0.05) is 5.16 Å². The predicted molar refractivity (Wildman–Crippen MR) is 59.3 cm³/mol. The molecule has 0 aromatic carbocycles. The van der Waals surface area contributed by atoms with E-state index < -0.39 is 5.97 Å². The maximum Gasteiger partial charge on any atom is 0.325 e. The second-order valence-electron chi connectivity index (χ2n) is 3.66. The lowest BCUT2D eigenvalue weighted by molar-refractivity contribution is -0.141. The van der Waals surface area contributed by atoms with Crippen LogP contribution in [0.2, 0.25) is 0 Å². The van der Waals surface area contributed by atoms with Crippen LogP contribution in [0.3, 0.4) is 0 Å². The topological polar surface area (TPSA) is 81.4 Å². The van der Waals surface area contributed by atoms with Crippen LogP contribution in [0.4, 0.5) is 0 Å². The molecule has 94 valence electrons. The summed E-state index contributed by atoms with van der Waals surface area (Å²) in [6.45, 7) is 3.54. The van der Waals surface area contributed by atoms with Gasteiger partial charge in [-0.25, -0.2) is 0 Å². The number of aromatic nitrogens is 1. The van der Waals surface area contributed by atoms with E-state index in [1.54, 1.807) is 0 Å². The Kier molecular flexibility index (Phi) is 4.68. The first-order valence-electron chi connectivity index (χ1n) is 5.30. The highest BCUT2D eigenvalue weighted by molar-refractivity contribution is 5.81. The molecule has 1 heterocycles. The van der Waals surface area contributed by atoms with Crippen molar-refractivity contribution in [3.8, 4) is 0 Å². The molecule has 1 aromatic heterocycles. The minimum absolute atomic E-state index is 0.100. The fraction of sp³-hybridized carbons (Fsp3) is 0.545. The molecule has 0 aliphatic heterocycles. The van der Waals surface area contributed by atoms with E-state index in [4.69, 9.17) is 4.52 Å². The average molecular weight is 240 g/mol. The second kappa shape index (κ2) is 6.03. The molecule has 0 atom stereocenters. The fourth-order valence-corrected chi connectivity index (χ4v) is 1.43. The summed E-state index contributed by atoms with van der Waals surface area (Å²) in [4.78, 5) is 22.2. The molecular weight excluding hydrogens is 224 g/mol. The van der Waals surface area contributed by atoms with Crippen molar-refractivity contribution in [3.63, 3.8) is 0 Å². The van der Waals surface area contributed by atoms with Crippen molar-refractivity contribution >= 4 is 11.9 Å². The number of aryl methyl sites for hydroxylation is 2. The van der Waals surface area contributed by atoms with Crippen molar-refractivity contribution in [3.05, 3.63) is 17.0 Å². The number of methoxy groups -OCH3 is 1. The van der Waals surface area contributed by atoms with Crippen LogP contribution < -0.4 is 5.32 Å². The zero-order valence-electron chi connectivity index (χ0n) is 10.2. The molecule has 0 saturated carbocycles. The average Bonchev–Trinajstić information content (AvgIpc) is 2.63. The number of nitrogens with zero attached hydrogens (tertiary/aromatic N) is 1. The molecule has 0 bridgehead atoms. The van der Waals surface area contributed by atoms with Crippen LogP contribution in [0.15, 0.2) is 4.52 Å². The molecule has 0 fully saturated rings. The lowest BCUT2D eigenvalue weighted by atomic mass is 10.1. The number of ether oxygens (including phenoxy) is 1. The minimum Gasteiger partial charge on any atom is -0.468 e. The molecule has 1 amide bonds. The van der Waals surface area contributed by atoms with E-state index in [0.717, 1.165) is 17.0 Å². The van der Waals surface area contributed by atoms with E-state index in [9.17, 15) is 9.59 Å². The van der Waals surface area contributed by atoms with Crippen molar-refractivity contribution in [1.29, 1.82) is 0 Å². The molecule has 0 radical (unpaired) electrons. The van der Waals surface area contributed by atoms with Gasteiger partial charge in [0.25, 0.3) is 0 Å². The van der Waals surface area contributed by atoms with Crippen LogP contribution in [0.25, 0.3) is 0 Å². The van der Waals surface area contributed by atoms with Gasteiger partial charge in [0.05, 0.1) is 12.8 Å². The van der Waals surface area contributed by atoms with Crippen LogP contribution in [0.5, 0.6) is 0 Å². The standard InChI is InChI=1S/C11H16N2O4/c1-7-9(8(2)17-13-7)4-5-10(14)12-6-11(15)16-3/h4-6H2,1-3H3,(H,12,14). The highest BCUT2D eigenvalue weighted by Crippen LogP contribution is 2.13. The molecule has 6 nitrogen and oxygen atoms in total. The van der Waals surface area contributed by atoms with Gasteiger partial charge in [-0.15, -0.1) is 0 Å². The summed E-state index contributed by atoms with van der Waals surface area (Å²) < 4.78 is 9.40. The van der Waals surface area contributed by atoms with Gasteiger partial charge in [0.2, 0.25) is 5.91 Å². The van der Waals surface area contributed by atoms with Gasteiger partial charge in [0.15, 0.2) is 0 Å². The Bertz CT molecular complexity index is 392. The fourth-order valence-electron chi connectivity index (χ4n) is 1.43. The smallest absolute Gasteiger partial charge is 0.325 e. The molecule has 0 aliphatic rings. The normalized spacial score (nSPS) is 10.1. The SMILES string of the molecule is COC(=O)CNC(=O)CCc1c(C)noc1C. The van der Waals surface area contributed by atoms with Gasteiger partial charge in [0.1, 0.15) is 12.3 Å². The molecular formula is C11H16N2O4. The van der Waals surface area contributed by atoms with Gasteiger partial charge in [-0.05, 0) is 20.3 Å². The Hall–Kier alpha value is -1.85. The third-order valence-electron chi connectivity index (χ3n) is 2.44. The van der Waals surface area contributed by atoms with Crippen LogP contribution in [-0.4, -0.2) is 30.7 Å². The van der Waals surface area contributed by atoms with Gasteiger partial charge >= 0.3 is 5.97 Å². The first-order chi connectivity index (χ1) is 8.04. The lowest BCUT2D eigenvalue weighted by Crippen LogP contribution is -2.30. The van der Waals surface area contributed by atoms with E-state index >= 15 is 0 Å². The highest BCUT2D eigenvalue weighted by atomic mass is 16.5. The van der Waals surface area contributed by atoms with Crippen LogP contribution in [0, 0.1) is 13.8 Å². The van der Waals surface area contributed by atoms with E-state index in [1.165, 1.54) is 7.11 Å². The van der Waals surface area contributed by atoms with E-state index in [1.807, 2.05) is 13.8 Å². The Labute approximate surface area is 99.3 Å². The van der Waals surface area contributed by atoms with Gasteiger partial charge in [0, 0.05) is 12.0 Å². The number of nitrogens with one attached hydrogen (secondary N) is 1. The molecule has 1 aromatic rings. The number of rotatable bonds is 5. The Morgan fingerprint density at radius 3 is 2.65 bits per heavy atom. The third kappa shape index (κ3) is 3.90. The maximum atomic E-state index is 11.4. The maximum absolute atomic E-state index is 11.4. The summed E-state index contributed by atoms with van der Waals surface area (Å²) >= 11 is 0. The summed E-state index contributed by atoms with van der Waals surface area (Å²) in [5.41, 5.74) is 1.74. The lowest BCUT2D eigenvalue weighted by Gasteiger charge is -2.03. The van der Waals surface area contributed by atoms with E-state index in [-0.39, 0.29) is 12.5 Å². The zero-order chi connectivity index (χ0) is 12.8. The Morgan fingerprint density at radius 1 is 1.41 bits per heavy atom. The van der Waals surface area contributed by atoms with Crippen LogP contribution >= 0.6 is 0 Å². The summed E-state index contributed by atoms with van der Waals surface area (Å²) in [6.07, 6.45) is 0.841. The van der Waals surface area contributed by atoms with Crippen LogP contribution in [0.1, 0.15) is 23.4 Å². The monoisotopic (exact) mass is 240 g/mol. The van der Waals surface area contributed by atoms with Gasteiger partial charge < -0.3 is 14.6 Å². The number of carbonyl (C=O) groups is 2. The summed E-state index contributed by atoms with van der Waals surface area (Å²) in [5, 5.41) is 6.27. The van der Waals surface area contributed by atoms with E-state index in [2.05, 4.69) is 15.2 Å². The highest BCUT2D eigenvalue weighted by Gasteiger charge is 2.11. The minimum atomic E-state index is -0.462. The summed E-state index contributed by atoms with van der Waals surface area (Å²) in [7, 11) is 1.28. The van der Waals surface area contributed by atoms with Crippen molar-refractivity contribution in [2.45, 2.75) is 26.7 Å². The number of amides is 1. The van der Waals surface area contributed by atoms with Gasteiger partial charge in [-0.2, -0.15) is 0 Å². The quantitative estimate of drug-likeness (QED) is 0.758. The Balaban J connectivity index is 2.36. The molecule has 17 heavy (non-hydrogen) atoms. The first-order valence-corrected chi connectivity index (χ1v) is 5.30. The number of hydrogen-bond donors (Lipinski definition) is 1. The molecule has 0 aliphatic carbocycles. The molecule has 1 rings (SSSR count). The van der Waals surface area contributed by atoms with Crippen molar-refractivity contribution in [2.24, 2.45) is 0 Å². The second-order valence-corrected chi connectivity index (χ2v) is 3.66. The first kappa shape index (κ1) is 13.2. The zero-order valence-corrected chi connectivity index (χ0v) is 10.2. The van der Waals surface area contributed by atoms with Crippen LogP contribution in [-0.2, 0) is 20.7 Å². The van der Waals surface area contributed by atoms with Crippen molar-refractivity contribution < 1.29 is 18.8 Å². The Morgan fingerprint density at radius 2 is 2.12 bits per heavy atom. The molecule has 6 heteroatoms. The van der Waals surface area contributed by atoms with E-state index in [0.29, 0.717) is 12.8 Å². The predicted octanol–water partition coefficient (Wildman–Crippen LogP) is 0.513. The third-order valence-corrected chi connectivity index (χ3v) is 2.44. The molecule has 1 N–H and O–H groups in total. The number of carbonyl (C=O) groups excluding carboxylic acids is 2. The number of esters is 1. The van der Waals surface area contributed by atoms with Gasteiger partial charge in [-0.3, -0.25) is 9.59 Å². The molecule has 0 spiro atoms. The van der Waals surface area contributed by atoms with Crippen molar-refractivity contribution in [2.75, 3.05) is 13.7 Å². The molecule has 0 unspecified atom stereocenters. The van der Waals surface area contributed by atoms with Crippen molar-refractivity contribution in [1.82, 2.24) is 10.5 Å².